The van der Waals surface area contributed by atoms with Crippen LogP contribution in [0.2, 0.25) is 0 Å². The van der Waals surface area contributed by atoms with Crippen molar-refractivity contribution in [2.24, 2.45) is 0 Å². The Bertz CT molecular complexity index is 592. The molecule has 0 aromatic heterocycles. The van der Waals surface area contributed by atoms with Crippen molar-refractivity contribution in [3.63, 3.8) is 0 Å². The molecule has 20 heavy (non-hydrogen) atoms. The highest BCUT2D eigenvalue weighted by Crippen LogP contribution is 2.38. The van der Waals surface area contributed by atoms with Crippen molar-refractivity contribution in [1.82, 2.24) is 0 Å². The fraction of sp³-hybridized carbons (Fsp3) is 0.200. The molecule has 1 N–H and O–H groups in total. The van der Waals surface area contributed by atoms with Crippen LogP contribution >= 0.6 is 0 Å². The molecule has 0 bridgehead atoms. The third kappa shape index (κ3) is 2.44. The van der Waals surface area contributed by atoms with Gasteiger partial charge in [0, 0.05) is 5.56 Å². The number of ether oxygens (including phenoxy) is 2. The highest BCUT2D eigenvalue weighted by Gasteiger charge is 2.24. The molecule has 106 valence electrons. The average Bonchev–Trinajstić information content (AvgIpc) is 2.48. The van der Waals surface area contributed by atoms with Gasteiger partial charge < -0.3 is 14.6 Å². The third-order valence-electron chi connectivity index (χ3n) is 3.02. The zero-order valence-electron chi connectivity index (χ0n) is 11.1. The van der Waals surface area contributed by atoms with E-state index in [1.807, 2.05) is 0 Å². The van der Waals surface area contributed by atoms with Crippen LogP contribution in [0.5, 0.6) is 11.5 Å². The largest absolute Gasteiger partial charge is 0.496 e. The smallest absolute Gasteiger partial charge is 0.164 e. The Hall–Kier alpha value is -2.14. The van der Waals surface area contributed by atoms with E-state index in [4.69, 9.17) is 9.47 Å². The zero-order valence-corrected chi connectivity index (χ0v) is 11.1. The lowest BCUT2D eigenvalue weighted by Crippen LogP contribution is -2.08. The van der Waals surface area contributed by atoms with Crippen LogP contribution < -0.4 is 9.47 Å². The number of methoxy groups -OCH3 is 2. The second-order valence-corrected chi connectivity index (χ2v) is 4.12. The maximum atomic E-state index is 13.8. The molecular formula is C15H14F2O3. The second-order valence-electron chi connectivity index (χ2n) is 4.12. The SMILES string of the molecule is COc1cccc(OC)c1C(O)c1cccc(F)c1F. The number of hydrogen-bond acceptors (Lipinski definition) is 3. The van der Waals surface area contributed by atoms with Crippen LogP contribution in [-0.4, -0.2) is 19.3 Å². The summed E-state index contributed by atoms with van der Waals surface area (Å²) in [5.74, 6) is -1.44. The number of hydrogen-bond donors (Lipinski definition) is 1. The number of rotatable bonds is 4. The highest BCUT2D eigenvalue weighted by atomic mass is 19.2. The van der Waals surface area contributed by atoms with Gasteiger partial charge in [-0.3, -0.25) is 0 Å². The monoisotopic (exact) mass is 280 g/mol. The van der Waals surface area contributed by atoms with E-state index in [2.05, 4.69) is 0 Å². The molecular weight excluding hydrogens is 266 g/mol. The molecule has 0 amide bonds. The van der Waals surface area contributed by atoms with Crippen molar-refractivity contribution in [2.45, 2.75) is 6.10 Å². The number of aliphatic hydroxyl groups is 1. The summed E-state index contributed by atoms with van der Waals surface area (Å²) in [7, 11) is 2.85. The molecule has 0 aliphatic carbocycles. The number of halogens is 2. The number of benzene rings is 2. The third-order valence-corrected chi connectivity index (χ3v) is 3.02. The normalized spacial score (nSPS) is 12.1. The Balaban J connectivity index is 2.58. The van der Waals surface area contributed by atoms with Crippen molar-refractivity contribution in [1.29, 1.82) is 0 Å². The zero-order chi connectivity index (χ0) is 14.7. The van der Waals surface area contributed by atoms with Crippen molar-refractivity contribution >= 4 is 0 Å². The van der Waals surface area contributed by atoms with Gasteiger partial charge in [0.05, 0.1) is 19.8 Å². The fourth-order valence-electron chi connectivity index (χ4n) is 2.04. The lowest BCUT2D eigenvalue weighted by molar-refractivity contribution is 0.202. The second kappa shape index (κ2) is 5.88. The van der Waals surface area contributed by atoms with Gasteiger partial charge in [0.2, 0.25) is 0 Å². The lowest BCUT2D eigenvalue weighted by atomic mass is 9.99. The molecule has 0 radical (unpaired) electrons. The first-order chi connectivity index (χ1) is 9.60. The van der Waals surface area contributed by atoms with Crippen molar-refractivity contribution in [3.8, 4) is 11.5 Å². The molecule has 3 nitrogen and oxygen atoms in total. The Kier molecular flexibility index (Phi) is 4.20. The molecule has 0 aliphatic heterocycles. The Morgan fingerprint density at radius 3 is 2.05 bits per heavy atom. The van der Waals surface area contributed by atoms with E-state index in [0.29, 0.717) is 11.5 Å². The maximum Gasteiger partial charge on any atom is 0.164 e. The molecule has 0 fully saturated rings. The van der Waals surface area contributed by atoms with Gasteiger partial charge in [0.15, 0.2) is 11.6 Å². The molecule has 2 aromatic carbocycles. The molecule has 0 heterocycles. The summed E-state index contributed by atoms with van der Waals surface area (Å²) in [5.41, 5.74) is 0.0785. The summed E-state index contributed by atoms with van der Waals surface area (Å²) in [6, 6.07) is 8.53. The van der Waals surface area contributed by atoms with Gasteiger partial charge in [-0.2, -0.15) is 0 Å². The van der Waals surface area contributed by atoms with Crippen LogP contribution in [0.1, 0.15) is 17.2 Å². The van der Waals surface area contributed by atoms with Gasteiger partial charge in [-0.25, -0.2) is 8.78 Å². The quantitative estimate of drug-likeness (QED) is 0.935. The molecule has 0 spiro atoms. The Morgan fingerprint density at radius 1 is 0.950 bits per heavy atom. The minimum Gasteiger partial charge on any atom is -0.496 e. The van der Waals surface area contributed by atoms with Crippen molar-refractivity contribution in [2.75, 3.05) is 14.2 Å². The van der Waals surface area contributed by atoms with E-state index in [1.54, 1.807) is 18.2 Å². The summed E-state index contributed by atoms with van der Waals surface area (Å²) in [4.78, 5) is 0. The van der Waals surface area contributed by atoms with Crippen LogP contribution in [-0.2, 0) is 0 Å². The van der Waals surface area contributed by atoms with Crippen LogP contribution in [0.25, 0.3) is 0 Å². The molecule has 0 saturated carbocycles. The molecule has 2 rings (SSSR count). The van der Waals surface area contributed by atoms with Crippen molar-refractivity contribution < 1.29 is 23.4 Å². The molecule has 5 heteroatoms. The fourth-order valence-corrected chi connectivity index (χ4v) is 2.04. The van der Waals surface area contributed by atoms with E-state index in [-0.39, 0.29) is 11.1 Å². The summed E-state index contributed by atoms with van der Waals surface area (Å²) in [6.07, 6.45) is -1.39. The molecule has 0 aliphatic rings. The standard InChI is InChI=1S/C15H14F2O3/c1-19-11-7-4-8-12(20-2)13(11)15(18)9-5-3-6-10(16)14(9)17/h3-8,15,18H,1-2H3. The maximum absolute atomic E-state index is 13.8. The average molecular weight is 280 g/mol. The van der Waals surface area contributed by atoms with Gasteiger partial charge in [-0.15, -0.1) is 0 Å². The summed E-state index contributed by atoms with van der Waals surface area (Å²) in [6.45, 7) is 0. The van der Waals surface area contributed by atoms with Crippen LogP contribution in [0, 0.1) is 11.6 Å². The van der Waals surface area contributed by atoms with Crippen molar-refractivity contribution in [3.05, 3.63) is 59.2 Å². The van der Waals surface area contributed by atoms with Crippen LogP contribution in [0.15, 0.2) is 36.4 Å². The predicted octanol–water partition coefficient (Wildman–Crippen LogP) is 3.06. The first-order valence-corrected chi connectivity index (χ1v) is 5.93. The van der Waals surface area contributed by atoms with E-state index in [1.165, 1.54) is 26.4 Å². The Labute approximate surface area is 115 Å². The van der Waals surface area contributed by atoms with Gasteiger partial charge in [0.1, 0.15) is 17.6 Å². The van der Waals surface area contributed by atoms with Gasteiger partial charge in [-0.05, 0) is 18.2 Å². The molecule has 1 unspecified atom stereocenters. The van der Waals surface area contributed by atoms with Crippen LogP contribution in [0.3, 0.4) is 0 Å². The van der Waals surface area contributed by atoms with Crippen LogP contribution in [0.4, 0.5) is 8.78 Å². The lowest BCUT2D eigenvalue weighted by Gasteiger charge is -2.18. The minimum atomic E-state index is -1.39. The van der Waals surface area contributed by atoms with E-state index in [0.717, 1.165) is 6.07 Å². The predicted molar refractivity (Wildman–Crippen MR) is 70.0 cm³/mol. The molecule has 0 saturated heterocycles. The topological polar surface area (TPSA) is 38.7 Å². The summed E-state index contributed by atoms with van der Waals surface area (Å²) < 4.78 is 37.4. The van der Waals surface area contributed by atoms with E-state index < -0.39 is 17.7 Å². The van der Waals surface area contributed by atoms with E-state index in [9.17, 15) is 13.9 Å². The molecule has 2 aromatic rings. The minimum absolute atomic E-state index is 0.173. The van der Waals surface area contributed by atoms with E-state index >= 15 is 0 Å². The van der Waals surface area contributed by atoms with Gasteiger partial charge in [-0.1, -0.05) is 18.2 Å². The van der Waals surface area contributed by atoms with Gasteiger partial charge in [0.25, 0.3) is 0 Å². The first-order valence-electron chi connectivity index (χ1n) is 5.93. The molecule has 1 atom stereocenters. The van der Waals surface area contributed by atoms with Gasteiger partial charge >= 0.3 is 0 Å². The number of aliphatic hydroxyl groups excluding tert-OH is 1. The summed E-state index contributed by atoms with van der Waals surface area (Å²) >= 11 is 0. The Morgan fingerprint density at radius 2 is 1.50 bits per heavy atom. The highest BCUT2D eigenvalue weighted by molar-refractivity contribution is 5.49. The summed E-state index contributed by atoms with van der Waals surface area (Å²) in [5, 5.41) is 10.4. The first kappa shape index (κ1) is 14.3.